The molecule has 0 radical (unpaired) electrons. The first-order valence-electron chi connectivity index (χ1n) is 5.03. The predicted octanol–water partition coefficient (Wildman–Crippen LogP) is -0.966. The molecule has 0 aromatic rings. The molecule has 15 heavy (non-hydrogen) atoms. The lowest BCUT2D eigenvalue weighted by Crippen LogP contribution is -2.45. The van der Waals surface area contributed by atoms with Crippen molar-refractivity contribution < 1.29 is 14.7 Å². The van der Waals surface area contributed by atoms with Crippen molar-refractivity contribution in [2.24, 2.45) is 11.5 Å². The van der Waals surface area contributed by atoms with Crippen molar-refractivity contribution in [2.45, 2.75) is 31.7 Å². The minimum Gasteiger partial charge on any atom is -0.481 e. The van der Waals surface area contributed by atoms with Crippen LogP contribution in [0.5, 0.6) is 0 Å². The summed E-state index contributed by atoms with van der Waals surface area (Å²) in [4.78, 5) is 21.3. The fraction of sp³-hybridized carbons (Fsp3) is 0.778. The quantitative estimate of drug-likeness (QED) is 0.390. The Labute approximate surface area is 89.0 Å². The molecule has 0 aromatic heterocycles. The summed E-state index contributed by atoms with van der Waals surface area (Å²) in [5.74, 6) is -1.04. The summed E-state index contributed by atoms with van der Waals surface area (Å²) in [6, 6.07) is -0.649. The predicted molar refractivity (Wildman–Crippen MR) is 56.1 cm³/mol. The SMILES string of the molecule is NCC(N)C(=O)NCCCCCC(=O)O. The topological polar surface area (TPSA) is 118 Å². The summed E-state index contributed by atoms with van der Waals surface area (Å²) in [5, 5.41) is 11.0. The van der Waals surface area contributed by atoms with Crippen molar-refractivity contribution in [2.75, 3.05) is 13.1 Å². The van der Waals surface area contributed by atoms with E-state index in [4.69, 9.17) is 16.6 Å². The molecule has 0 saturated heterocycles. The summed E-state index contributed by atoms with van der Waals surface area (Å²) in [6.07, 6.45) is 2.35. The lowest BCUT2D eigenvalue weighted by Gasteiger charge is -2.09. The first-order valence-corrected chi connectivity index (χ1v) is 5.03. The van der Waals surface area contributed by atoms with Crippen molar-refractivity contribution in [1.29, 1.82) is 0 Å². The van der Waals surface area contributed by atoms with Crippen LogP contribution < -0.4 is 16.8 Å². The number of aliphatic carboxylic acids is 1. The van der Waals surface area contributed by atoms with Gasteiger partial charge in [-0.1, -0.05) is 6.42 Å². The monoisotopic (exact) mass is 217 g/mol. The van der Waals surface area contributed by atoms with Gasteiger partial charge in [-0.2, -0.15) is 0 Å². The van der Waals surface area contributed by atoms with Crippen LogP contribution in [0.15, 0.2) is 0 Å². The number of nitrogens with two attached hydrogens (primary N) is 2. The third-order valence-corrected chi connectivity index (χ3v) is 1.96. The van der Waals surface area contributed by atoms with E-state index in [0.717, 1.165) is 12.8 Å². The maximum Gasteiger partial charge on any atom is 0.303 e. The van der Waals surface area contributed by atoms with E-state index in [1.807, 2.05) is 0 Å². The third kappa shape index (κ3) is 7.90. The fourth-order valence-corrected chi connectivity index (χ4v) is 1.03. The van der Waals surface area contributed by atoms with E-state index in [0.29, 0.717) is 13.0 Å². The molecule has 0 aliphatic carbocycles. The number of amides is 1. The molecule has 0 spiro atoms. The number of hydrogen-bond acceptors (Lipinski definition) is 4. The zero-order chi connectivity index (χ0) is 11.7. The standard InChI is InChI=1S/C9H19N3O3/c10-6-7(11)9(15)12-5-3-1-2-4-8(13)14/h7H,1-6,10-11H2,(H,12,15)(H,13,14). The Bertz CT molecular complexity index is 209. The van der Waals surface area contributed by atoms with Crippen molar-refractivity contribution in [3.05, 3.63) is 0 Å². The van der Waals surface area contributed by atoms with Gasteiger partial charge in [0.25, 0.3) is 0 Å². The van der Waals surface area contributed by atoms with Crippen LogP contribution in [0.2, 0.25) is 0 Å². The lowest BCUT2D eigenvalue weighted by atomic mass is 10.2. The Morgan fingerprint density at radius 2 is 1.93 bits per heavy atom. The highest BCUT2D eigenvalue weighted by Gasteiger charge is 2.09. The Morgan fingerprint density at radius 3 is 2.47 bits per heavy atom. The van der Waals surface area contributed by atoms with E-state index in [-0.39, 0.29) is 18.9 Å². The maximum atomic E-state index is 11.1. The summed E-state index contributed by atoms with van der Waals surface area (Å²) in [6.45, 7) is 0.650. The lowest BCUT2D eigenvalue weighted by molar-refractivity contribution is -0.137. The second-order valence-electron chi connectivity index (χ2n) is 3.34. The smallest absolute Gasteiger partial charge is 0.303 e. The van der Waals surface area contributed by atoms with Gasteiger partial charge in [0.2, 0.25) is 5.91 Å². The van der Waals surface area contributed by atoms with Crippen LogP contribution >= 0.6 is 0 Å². The normalized spacial score (nSPS) is 12.1. The molecule has 6 nitrogen and oxygen atoms in total. The van der Waals surface area contributed by atoms with Crippen molar-refractivity contribution >= 4 is 11.9 Å². The number of carboxylic acid groups (broad SMARTS) is 1. The largest absolute Gasteiger partial charge is 0.481 e. The fourth-order valence-electron chi connectivity index (χ4n) is 1.03. The van der Waals surface area contributed by atoms with Gasteiger partial charge in [0, 0.05) is 19.5 Å². The van der Waals surface area contributed by atoms with Crippen LogP contribution in [-0.4, -0.2) is 36.1 Å². The highest BCUT2D eigenvalue weighted by molar-refractivity contribution is 5.81. The van der Waals surface area contributed by atoms with Gasteiger partial charge in [-0.25, -0.2) is 0 Å². The van der Waals surface area contributed by atoms with E-state index in [1.54, 1.807) is 0 Å². The van der Waals surface area contributed by atoms with E-state index >= 15 is 0 Å². The van der Waals surface area contributed by atoms with Crippen LogP contribution in [0.25, 0.3) is 0 Å². The zero-order valence-electron chi connectivity index (χ0n) is 8.74. The summed E-state index contributed by atoms with van der Waals surface area (Å²) >= 11 is 0. The van der Waals surface area contributed by atoms with Crippen molar-refractivity contribution in [3.8, 4) is 0 Å². The second kappa shape index (κ2) is 8.19. The number of hydrogen-bond donors (Lipinski definition) is 4. The first-order chi connectivity index (χ1) is 7.07. The number of carbonyl (C=O) groups is 2. The van der Waals surface area contributed by atoms with Crippen LogP contribution in [0.4, 0.5) is 0 Å². The van der Waals surface area contributed by atoms with Crippen LogP contribution in [0.1, 0.15) is 25.7 Å². The Balaban J connectivity index is 3.31. The molecular formula is C9H19N3O3. The van der Waals surface area contributed by atoms with Crippen molar-refractivity contribution in [1.82, 2.24) is 5.32 Å². The molecule has 0 heterocycles. The van der Waals surface area contributed by atoms with Gasteiger partial charge >= 0.3 is 5.97 Å². The van der Waals surface area contributed by atoms with Crippen LogP contribution in [0, 0.1) is 0 Å². The van der Waals surface area contributed by atoms with E-state index in [9.17, 15) is 9.59 Å². The molecule has 6 heteroatoms. The molecule has 1 amide bonds. The average Bonchev–Trinajstić information content (AvgIpc) is 2.21. The molecule has 0 saturated carbocycles. The van der Waals surface area contributed by atoms with E-state index in [1.165, 1.54) is 0 Å². The van der Waals surface area contributed by atoms with Gasteiger partial charge in [-0.3, -0.25) is 9.59 Å². The van der Waals surface area contributed by atoms with Gasteiger partial charge in [-0.15, -0.1) is 0 Å². The van der Waals surface area contributed by atoms with Gasteiger partial charge in [0.1, 0.15) is 0 Å². The van der Waals surface area contributed by atoms with E-state index < -0.39 is 12.0 Å². The van der Waals surface area contributed by atoms with Gasteiger partial charge < -0.3 is 21.9 Å². The van der Waals surface area contributed by atoms with Crippen LogP contribution in [0.3, 0.4) is 0 Å². The third-order valence-electron chi connectivity index (χ3n) is 1.96. The Morgan fingerprint density at radius 1 is 1.27 bits per heavy atom. The minimum absolute atomic E-state index is 0.130. The van der Waals surface area contributed by atoms with Gasteiger partial charge in [-0.05, 0) is 12.8 Å². The Kier molecular flexibility index (Phi) is 7.57. The van der Waals surface area contributed by atoms with Crippen LogP contribution in [-0.2, 0) is 9.59 Å². The molecule has 1 unspecified atom stereocenters. The maximum absolute atomic E-state index is 11.1. The Hall–Kier alpha value is -1.14. The van der Waals surface area contributed by atoms with Gasteiger partial charge in [0.15, 0.2) is 0 Å². The highest BCUT2D eigenvalue weighted by atomic mass is 16.4. The summed E-state index contributed by atoms with van der Waals surface area (Å²) < 4.78 is 0. The molecule has 0 bridgehead atoms. The minimum atomic E-state index is -0.788. The number of unbranched alkanes of at least 4 members (excludes halogenated alkanes) is 2. The number of nitrogens with one attached hydrogen (secondary N) is 1. The molecule has 0 fully saturated rings. The van der Waals surface area contributed by atoms with E-state index in [2.05, 4.69) is 5.32 Å². The summed E-state index contributed by atoms with van der Waals surface area (Å²) in [7, 11) is 0. The highest BCUT2D eigenvalue weighted by Crippen LogP contribution is 1.98. The molecule has 6 N–H and O–H groups in total. The second-order valence-corrected chi connectivity index (χ2v) is 3.34. The van der Waals surface area contributed by atoms with Crippen molar-refractivity contribution in [3.63, 3.8) is 0 Å². The molecule has 88 valence electrons. The number of carboxylic acids is 1. The molecular weight excluding hydrogens is 198 g/mol. The molecule has 1 atom stereocenters. The number of carbonyl (C=O) groups excluding carboxylic acids is 1. The summed E-state index contributed by atoms with van der Waals surface area (Å²) in [5.41, 5.74) is 10.6. The van der Waals surface area contributed by atoms with Gasteiger partial charge in [0.05, 0.1) is 6.04 Å². The zero-order valence-corrected chi connectivity index (χ0v) is 8.74. The molecule has 0 aliphatic rings. The number of rotatable bonds is 8. The molecule has 0 rings (SSSR count). The molecule has 0 aliphatic heterocycles. The molecule has 0 aromatic carbocycles. The first kappa shape index (κ1) is 13.9. The average molecular weight is 217 g/mol.